The van der Waals surface area contributed by atoms with Gasteiger partial charge in [-0.05, 0) is 40.4 Å². The molecule has 0 spiro atoms. The van der Waals surface area contributed by atoms with E-state index in [1.807, 2.05) is 24.5 Å². The van der Waals surface area contributed by atoms with E-state index in [-0.39, 0.29) is 17.5 Å². The maximum absolute atomic E-state index is 12.9. The van der Waals surface area contributed by atoms with Crippen molar-refractivity contribution in [2.24, 2.45) is 0 Å². The van der Waals surface area contributed by atoms with Crippen LogP contribution in [0.3, 0.4) is 0 Å². The van der Waals surface area contributed by atoms with E-state index < -0.39 is 12.2 Å². The molecule has 164 valence electrons. The highest BCUT2D eigenvalue weighted by Crippen LogP contribution is 2.46. The zero-order valence-electron chi connectivity index (χ0n) is 17.1. The number of amides is 1. The lowest BCUT2D eigenvalue weighted by Gasteiger charge is -2.31. The predicted molar refractivity (Wildman–Crippen MR) is 127 cm³/mol. The molecule has 3 aromatic rings. The summed E-state index contributed by atoms with van der Waals surface area (Å²) in [6.07, 6.45) is 0.835. The average Bonchev–Trinajstić information content (AvgIpc) is 2.89. The number of halogens is 2. The Morgan fingerprint density at radius 1 is 1.16 bits per heavy atom. The highest BCUT2D eigenvalue weighted by molar-refractivity contribution is 9.11. The number of hydrogen-bond acceptors (Lipinski definition) is 8. The molecule has 0 fully saturated rings. The van der Waals surface area contributed by atoms with Gasteiger partial charge in [0.25, 0.3) is 0 Å². The van der Waals surface area contributed by atoms with Crippen molar-refractivity contribution in [3.05, 3.63) is 50.9 Å². The molecule has 1 atom stereocenters. The molecule has 11 heteroatoms. The Labute approximate surface area is 205 Å². The van der Waals surface area contributed by atoms with Gasteiger partial charge in [0, 0.05) is 23.9 Å². The van der Waals surface area contributed by atoms with Crippen molar-refractivity contribution in [2.45, 2.75) is 25.2 Å². The Kier molecular flexibility index (Phi) is 6.50. The fraction of sp³-hybridized carbons (Fsp3) is 0.190. The van der Waals surface area contributed by atoms with Crippen LogP contribution < -0.4 is 14.4 Å². The van der Waals surface area contributed by atoms with E-state index in [0.29, 0.717) is 36.6 Å². The van der Waals surface area contributed by atoms with Gasteiger partial charge in [-0.15, -0.1) is 10.2 Å². The number of fused-ring (bicyclic) bond motifs is 3. The second-order valence-corrected chi connectivity index (χ2v) is 9.27. The smallest absolute Gasteiger partial charge is 0.308 e. The number of carbonyl (C=O) groups excluding carboxylic acids is 2. The van der Waals surface area contributed by atoms with Gasteiger partial charge in [0.1, 0.15) is 0 Å². The van der Waals surface area contributed by atoms with Crippen LogP contribution >= 0.6 is 43.6 Å². The lowest BCUT2D eigenvalue weighted by atomic mass is 10.1. The summed E-state index contributed by atoms with van der Waals surface area (Å²) in [5.41, 5.74) is 2.08. The van der Waals surface area contributed by atoms with Crippen LogP contribution in [-0.4, -0.2) is 33.3 Å². The van der Waals surface area contributed by atoms with E-state index in [0.717, 1.165) is 0 Å². The standard InChI is InChI=1S/C21H16Br2N4O4S/c1-10(28)27-16-7-5-4-6-13(16)17-19(24-21(32-3)26-25-17)31-20(27)14-8-12(22)9-15(23)18(14)30-11(2)29/h4-9,20H,1-3H3/t20-/m1/s1. The molecule has 4 rings (SSSR count). The molecule has 1 aliphatic heterocycles. The first kappa shape index (κ1) is 22.7. The van der Waals surface area contributed by atoms with E-state index in [1.54, 1.807) is 18.2 Å². The number of hydrogen-bond donors (Lipinski definition) is 0. The third kappa shape index (κ3) is 4.24. The van der Waals surface area contributed by atoms with Gasteiger partial charge >= 0.3 is 5.97 Å². The molecule has 0 aliphatic carbocycles. The van der Waals surface area contributed by atoms with Crippen molar-refractivity contribution in [3.63, 3.8) is 0 Å². The Hall–Kier alpha value is -2.50. The summed E-state index contributed by atoms with van der Waals surface area (Å²) in [5, 5.41) is 8.88. The van der Waals surface area contributed by atoms with Crippen LogP contribution in [0, 0.1) is 0 Å². The molecule has 0 unspecified atom stereocenters. The summed E-state index contributed by atoms with van der Waals surface area (Å²) >= 11 is 8.24. The zero-order valence-corrected chi connectivity index (χ0v) is 21.1. The third-order valence-corrected chi connectivity index (χ3v) is 6.17. The van der Waals surface area contributed by atoms with E-state index in [9.17, 15) is 9.59 Å². The molecule has 0 bridgehead atoms. The molecular weight excluding hydrogens is 564 g/mol. The van der Waals surface area contributed by atoms with Gasteiger partial charge < -0.3 is 9.47 Å². The normalized spacial score (nSPS) is 14.7. The number of esters is 1. The number of benzene rings is 2. The van der Waals surface area contributed by atoms with Gasteiger partial charge in [-0.3, -0.25) is 14.5 Å². The van der Waals surface area contributed by atoms with Crippen LogP contribution in [0.4, 0.5) is 5.69 Å². The van der Waals surface area contributed by atoms with E-state index in [1.165, 1.54) is 30.5 Å². The zero-order chi connectivity index (χ0) is 23.0. The molecule has 8 nitrogen and oxygen atoms in total. The quantitative estimate of drug-likeness (QED) is 0.239. The molecule has 2 aromatic carbocycles. The largest absolute Gasteiger partial charge is 0.447 e. The SMILES string of the molecule is CSc1nnc2c(n1)O[C@H](c1cc(Br)cc(Br)c1OC(C)=O)N(C(C)=O)c1ccccc1-2. The Morgan fingerprint density at radius 2 is 1.91 bits per heavy atom. The molecule has 32 heavy (non-hydrogen) atoms. The highest BCUT2D eigenvalue weighted by Gasteiger charge is 2.37. The van der Waals surface area contributed by atoms with Crippen LogP contribution in [-0.2, 0) is 9.59 Å². The molecule has 1 aliphatic rings. The first-order valence-electron chi connectivity index (χ1n) is 9.32. The summed E-state index contributed by atoms with van der Waals surface area (Å²) in [4.78, 5) is 30.7. The minimum absolute atomic E-state index is 0.218. The van der Waals surface area contributed by atoms with Crippen molar-refractivity contribution in [1.29, 1.82) is 0 Å². The van der Waals surface area contributed by atoms with Crippen LogP contribution in [0.5, 0.6) is 11.6 Å². The average molecular weight is 580 g/mol. The Balaban J connectivity index is 2.02. The van der Waals surface area contributed by atoms with Gasteiger partial charge in [-0.2, -0.15) is 4.98 Å². The van der Waals surface area contributed by atoms with Crippen LogP contribution in [0.15, 0.2) is 50.5 Å². The van der Waals surface area contributed by atoms with Gasteiger partial charge in [0.15, 0.2) is 11.4 Å². The predicted octanol–water partition coefficient (Wildman–Crippen LogP) is 5.15. The first-order valence-corrected chi connectivity index (χ1v) is 12.1. The van der Waals surface area contributed by atoms with Crippen molar-refractivity contribution in [1.82, 2.24) is 15.2 Å². The van der Waals surface area contributed by atoms with Gasteiger partial charge in [-0.25, -0.2) is 0 Å². The topological polar surface area (TPSA) is 94.5 Å². The number of carbonyl (C=O) groups is 2. The minimum Gasteiger partial charge on any atom is -0.447 e. The molecule has 0 N–H and O–H groups in total. The minimum atomic E-state index is -0.996. The van der Waals surface area contributed by atoms with Gasteiger partial charge in [0.2, 0.25) is 23.2 Å². The summed E-state index contributed by atoms with van der Waals surface area (Å²) in [7, 11) is 0. The van der Waals surface area contributed by atoms with Gasteiger partial charge in [0.05, 0.1) is 15.7 Å². The molecule has 0 saturated heterocycles. The molecule has 1 aromatic heterocycles. The first-order chi connectivity index (χ1) is 15.3. The van der Waals surface area contributed by atoms with Gasteiger partial charge in [-0.1, -0.05) is 45.9 Å². The van der Waals surface area contributed by atoms with Crippen molar-refractivity contribution >= 4 is 61.2 Å². The second-order valence-electron chi connectivity index (χ2n) is 6.73. The third-order valence-electron chi connectivity index (χ3n) is 4.58. The Morgan fingerprint density at radius 3 is 2.59 bits per heavy atom. The summed E-state index contributed by atoms with van der Waals surface area (Å²) < 4.78 is 13.0. The van der Waals surface area contributed by atoms with E-state index in [4.69, 9.17) is 9.47 Å². The van der Waals surface area contributed by atoms with Crippen LogP contribution in [0.25, 0.3) is 11.3 Å². The number of thioether (sulfide) groups is 1. The summed E-state index contributed by atoms with van der Waals surface area (Å²) in [6.45, 7) is 2.75. The molecule has 0 saturated carbocycles. The molecule has 2 heterocycles. The lowest BCUT2D eigenvalue weighted by molar-refractivity contribution is -0.132. The monoisotopic (exact) mass is 578 g/mol. The highest BCUT2D eigenvalue weighted by atomic mass is 79.9. The maximum Gasteiger partial charge on any atom is 0.308 e. The number of anilines is 1. The number of aromatic nitrogens is 3. The second kappa shape index (κ2) is 9.16. The Bertz CT molecular complexity index is 1240. The molecular formula is C21H16Br2N4O4S. The summed E-state index contributed by atoms with van der Waals surface area (Å²) in [6, 6.07) is 10.8. The fourth-order valence-corrected chi connectivity index (χ4v) is 4.99. The fourth-order valence-electron chi connectivity index (χ4n) is 3.36. The summed E-state index contributed by atoms with van der Waals surface area (Å²) in [5.74, 6) is -0.328. The van der Waals surface area contributed by atoms with Crippen molar-refractivity contribution in [2.75, 3.05) is 11.2 Å². The van der Waals surface area contributed by atoms with E-state index >= 15 is 0 Å². The molecule has 0 radical (unpaired) electrons. The van der Waals surface area contributed by atoms with Crippen molar-refractivity contribution in [3.8, 4) is 22.9 Å². The maximum atomic E-state index is 12.9. The van der Waals surface area contributed by atoms with Crippen LogP contribution in [0.1, 0.15) is 25.6 Å². The lowest BCUT2D eigenvalue weighted by Crippen LogP contribution is -2.36. The number of nitrogens with zero attached hydrogens (tertiary/aromatic N) is 4. The molecule has 1 amide bonds. The number of rotatable bonds is 3. The van der Waals surface area contributed by atoms with E-state index in [2.05, 4.69) is 47.0 Å². The van der Waals surface area contributed by atoms with Crippen molar-refractivity contribution < 1.29 is 19.1 Å². The van der Waals surface area contributed by atoms with Crippen LogP contribution in [0.2, 0.25) is 0 Å². The number of para-hydroxylation sites is 1. The number of ether oxygens (including phenoxy) is 2.